The maximum atomic E-state index is 12.9. The van der Waals surface area contributed by atoms with Gasteiger partial charge in [0, 0.05) is 19.0 Å². The van der Waals surface area contributed by atoms with Crippen molar-refractivity contribution in [3.8, 4) is 0 Å². The molecule has 1 heterocycles. The summed E-state index contributed by atoms with van der Waals surface area (Å²) in [5, 5.41) is 0. The third kappa shape index (κ3) is 3.33. The van der Waals surface area contributed by atoms with Crippen LogP contribution >= 0.6 is 0 Å². The molecular weight excluding hydrogens is 300 g/mol. The molecule has 2 rings (SSSR count). The van der Waals surface area contributed by atoms with E-state index in [9.17, 15) is 13.2 Å². The average molecular weight is 324 g/mol. The van der Waals surface area contributed by atoms with Crippen molar-refractivity contribution in [3.05, 3.63) is 29.3 Å². The van der Waals surface area contributed by atoms with Crippen LogP contribution < -0.4 is 5.73 Å². The van der Waals surface area contributed by atoms with E-state index in [-0.39, 0.29) is 17.7 Å². The van der Waals surface area contributed by atoms with Crippen LogP contribution in [0.25, 0.3) is 0 Å². The van der Waals surface area contributed by atoms with Crippen molar-refractivity contribution < 1.29 is 13.2 Å². The molecule has 0 saturated carbocycles. The zero-order valence-corrected chi connectivity index (χ0v) is 14.2. The highest BCUT2D eigenvalue weighted by atomic mass is 32.2. The molecule has 122 valence electrons. The first-order valence-electron chi connectivity index (χ1n) is 7.63. The predicted molar refractivity (Wildman–Crippen MR) is 85.9 cm³/mol. The van der Waals surface area contributed by atoms with Crippen LogP contribution in [-0.4, -0.2) is 31.7 Å². The number of benzene rings is 1. The van der Waals surface area contributed by atoms with E-state index in [1.165, 1.54) is 4.31 Å². The number of piperidine rings is 1. The standard InChI is InChI=1S/C16H24N2O3S/c1-11(2)14-5-4-12(3)15(10-14)22(20,21)18-8-6-13(7-9-18)16(17)19/h4-5,10-11,13H,6-9H2,1-3H3,(H2,17,19). The van der Waals surface area contributed by atoms with Gasteiger partial charge in [-0.15, -0.1) is 0 Å². The minimum Gasteiger partial charge on any atom is -0.369 e. The third-order valence-electron chi connectivity index (χ3n) is 4.35. The lowest BCUT2D eigenvalue weighted by molar-refractivity contribution is -0.122. The summed E-state index contributed by atoms with van der Waals surface area (Å²) < 4.78 is 27.2. The molecule has 1 aromatic rings. The number of amides is 1. The minimum atomic E-state index is -3.52. The molecule has 0 bridgehead atoms. The molecule has 1 amide bonds. The first-order chi connectivity index (χ1) is 10.2. The highest BCUT2D eigenvalue weighted by Crippen LogP contribution is 2.28. The SMILES string of the molecule is Cc1ccc(C(C)C)cc1S(=O)(=O)N1CCC(C(N)=O)CC1. The van der Waals surface area contributed by atoms with Gasteiger partial charge in [-0.2, -0.15) is 4.31 Å². The zero-order chi connectivity index (χ0) is 16.5. The number of primary amides is 1. The number of hydrogen-bond acceptors (Lipinski definition) is 3. The van der Waals surface area contributed by atoms with Gasteiger partial charge in [0.2, 0.25) is 15.9 Å². The van der Waals surface area contributed by atoms with E-state index >= 15 is 0 Å². The van der Waals surface area contributed by atoms with E-state index < -0.39 is 10.0 Å². The van der Waals surface area contributed by atoms with Crippen LogP contribution in [0.2, 0.25) is 0 Å². The number of hydrogen-bond donors (Lipinski definition) is 1. The normalized spacial score (nSPS) is 17.8. The van der Waals surface area contributed by atoms with Crippen LogP contribution in [0.1, 0.15) is 43.7 Å². The Hall–Kier alpha value is -1.40. The second-order valence-electron chi connectivity index (χ2n) is 6.26. The second-order valence-corrected chi connectivity index (χ2v) is 8.17. The van der Waals surface area contributed by atoms with Crippen LogP contribution in [0.4, 0.5) is 0 Å². The smallest absolute Gasteiger partial charge is 0.243 e. The molecular formula is C16H24N2O3S. The summed E-state index contributed by atoms with van der Waals surface area (Å²) in [4.78, 5) is 11.6. The Morgan fingerprint density at radius 2 is 1.86 bits per heavy atom. The van der Waals surface area contributed by atoms with E-state index in [0.717, 1.165) is 11.1 Å². The summed E-state index contributed by atoms with van der Waals surface area (Å²) in [6.45, 7) is 6.59. The second kappa shape index (κ2) is 6.38. The van der Waals surface area contributed by atoms with E-state index in [0.29, 0.717) is 30.8 Å². The highest BCUT2D eigenvalue weighted by molar-refractivity contribution is 7.89. The van der Waals surface area contributed by atoms with Gasteiger partial charge in [0.15, 0.2) is 0 Å². The molecule has 1 fully saturated rings. The molecule has 0 aliphatic carbocycles. The summed E-state index contributed by atoms with van der Waals surface area (Å²) in [5.74, 6) is -0.278. The Balaban J connectivity index is 2.28. The predicted octanol–water partition coefficient (Wildman–Crippen LogP) is 2.00. The number of carbonyl (C=O) groups excluding carboxylic acids is 1. The zero-order valence-electron chi connectivity index (χ0n) is 13.4. The molecule has 6 heteroatoms. The molecule has 0 radical (unpaired) electrons. The van der Waals surface area contributed by atoms with Crippen molar-refractivity contribution in [1.82, 2.24) is 4.31 Å². The third-order valence-corrected chi connectivity index (χ3v) is 6.39. The quantitative estimate of drug-likeness (QED) is 0.920. The van der Waals surface area contributed by atoms with Crippen LogP contribution in [0.5, 0.6) is 0 Å². The molecule has 1 aliphatic heterocycles. The van der Waals surface area contributed by atoms with Gasteiger partial charge in [0.1, 0.15) is 0 Å². The molecule has 1 saturated heterocycles. The van der Waals surface area contributed by atoms with Gasteiger partial charge in [0.05, 0.1) is 4.90 Å². The Morgan fingerprint density at radius 1 is 1.27 bits per heavy atom. The summed E-state index contributed by atoms with van der Waals surface area (Å²) >= 11 is 0. The van der Waals surface area contributed by atoms with Crippen molar-refractivity contribution in [2.24, 2.45) is 11.7 Å². The molecule has 0 atom stereocenters. The Labute approximate surface area is 132 Å². The van der Waals surface area contributed by atoms with Crippen molar-refractivity contribution in [2.75, 3.05) is 13.1 Å². The van der Waals surface area contributed by atoms with Crippen LogP contribution in [-0.2, 0) is 14.8 Å². The van der Waals surface area contributed by atoms with Gasteiger partial charge in [0.25, 0.3) is 0 Å². The van der Waals surface area contributed by atoms with E-state index in [1.54, 1.807) is 6.07 Å². The van der Waals surface area contributed by atoms with Crippen molar-refractivity contribution in [3.63, 3.8) is 0 Å². The lowest BCUT2D eigenvalue weighted by Gasteiger charge is -2.30. The fourth-order valence-corrected chi connectivity index (χ4v) is 4.50. The maximum absolute atomic E-state index is 12.9. The monoisotopic (exact) mass is 324 g/mol. The Bertz CT molecular complexity index is 660. The van der Waals surface area contributed by atoms with E-state index in [4.69, 9.17) is 5.73 Å². The maximum Gasteiger partial charge on any atom is 0.243 e. The molecule has 1 aliphatic rings. The van der Waals surface area contributed by atoms with E-state index in [2.05, 4.69) is 0 Å². The van der Waals surface area contributed by atoms with Crippen molar-refractivity contribution in [1.29, 1.82) is 0 Å². The number of nitrogens with zero attached hydrogens (tertiary/aromatic N) is 1. The lowest BCUT2D eigenvalue weighted by Crippen LogP contribution is -2.41. The topological polar surface area (TPSA) is 80.5 Å². The van der Waals surface area contributed by atoms with Gasteiger partial charge in [-0.3, -0.25) is 4.79 Å². The van der Waals surface area contributed by atoms with Gasteiger partial charge < -0.3 is 5.73 Å². The van der Waals surface area contributed by atoms with Crippen LogP contribution in [0.3, 0.4) is 0 Å². The molecule has 22 heavy (non-hydrogen) atoms. The van der Waals surface area contributed by atoms with Gasteiger partial charge >= 0.3 is 0 Å². The largest absolute Gasteiger partial charge is 0.369 e. The lowest BCUT2D eigenvalue weighted by atomic mass is 9.98. The van der Waals surface area contributed by atoms with Gasteiger partial charge in [-0.1, -0.05) is 26.0 Å². The highest BCUT2D eigenvalue weighted by Gasteiger charge is 2.32. The molecule has 0 unspecified atom stereocenters. The molecule has 5 nitrogen and oxygen atoms in total. The number of aryl methyl sites for hydroxylation is 1. The van der Waals surface area contributed by atoms with Crippen molar-refractivity contribution >= 4 is 15.9 Å². The molecule has 0 aromatic heterocycles. The number of sulfonamides is 1. The average Bonchev–Trinajstić information content (AvgIpc) is 2.47. The molecule has 1 aromatic carbocycles. The van der Waals surface area contributed by atoms with Crippen LogP contribution in [0, 0.1) is 12.8 Å². The number of nitrogens with two attached hydrogens (primary N) is 1. The molecule has 0 spiro atoms. The van der Waals surface area contributed by atoms with E-state index in [1.807, 2.05) is 32.9 Å². The summed E-state index contributed by atoms with van der Waals surface area (Å²) in [6, 6.07) is 5.60. The minimum absolute atomic E-state index is 0.213. The first kappa shape index (κ1) is 17.0. The number of rotatable bonds is 4. The summed E-state index contributed by atoms with van der Waals surface area (Å²) in [5.41, 5.74) is 7.06. The fourth-order valence-electron chi connectivity index (χ4n) is 2.77. The van der Waals surface area contributed by atoms with Gasteiger partial charge in [-0.25, -0.2) is 8.42 Å². The first-order valence-corrected chi connectivity index (χ1v) is 9.07. The number of carbonyl (C=O) groups is 1. The summed E-state index contributed by atoms with van der Waals surface area (Å²) in [7, 11) is -3.52. The Morgan fingerprint density at radius 3 is 2.36 bits per heavy atom. The summed E-state index contributed by atoms with van der Waals surface area (Å²) in [6.07, 6.45) is 0.995. The Kier molecular flexibility index (Phi) is 4.92. The fraction of sp³-hybridized carbons (Fsp3) is 0.562. The van der Waals surface area contributed by atoms with Crippen LogP contribution in [0.15, 0.2) is 23.1 Å². The van der Waals surface area contributed by atoms with Crippen molar-refractivity contribution in [2.45, 2.75) is 44.4 Å². The molecule has 2 N–H and O–H groups in total. The van der Waals surface area contributed by atoms with Gasteiger partial charge in [-0.05, 0) is 42.9 Å².